The van der Waals surface area contributed by atoms with Crippen molar-refractivity contribution in [2.24, 2.45) is 0 Å². The van der Waals surface area contributed by atoms with Gasteiger partial charge in [-0.25, -0.2) is 0 Å². The van der Waals surface area contributed by atoms with Crippen LogP contribution in [-0.4, -0.2) is 66.1 Å². The van der Waals surface area contributed by atoms with E-state index in [0.717, 1.165) is 0 Å². The summed E-state index contributed by atoms with van der Waals surface area (Å²) >= 11 is -0.114. The first kappa shape index (κ1) is 27.1. The summed E-state index contributed by atoms with van der Waals surface area (Å²) in [5.74, 6) is 0. The molecule has 4 nitrogen and oxygen atoms in total. The number of hydrogen-bond donors (Lipinski definition) is 0. The molecule has 0 heterocycles. The van der Waals surface area contributed by atoms with Crippen LogP contribution in [0.25, 0.3) is 0 Å². The summed E-state index contributed by atoms with van der Waals surface area (Å²) in [4.78, 5) is 0. The summed E-state index contributed by atoms with van der Waals surface area (Å²) < 4.78 is 6.13. The zero-order valence-electron chi connectivity index (χ0n) is 16.3. The Morgan fingerprint density at radius 2 is 0.571 bits per heavy atom. The summed E-state index contributed by atoms with van der Waals surface area (Å²) in [6.07, 6.45) is 0. The summed E-state index contributed by atoms with van der Waals surface area (Å²) in [5.41, 5.74) is 0. The largest absolute Gasteiger partial charge is 0.870 e. The minimum atomic E-state index is -1.19. The minimum absolute atomic E-state index is 0. The van der Waals surface area contributed by atoms with Gasteiger partial charge in [-0.15, -0.1) is 0 Å². The van der Waals surface area contributed by atoms with Crippen LogP contribution in [0.2, 0.25) is 78.6 Å². The van der Waals surface area contributed by atoms with Crippen LogP contribution in [0.3, 0.4) is 0 Å². The Bertz CT molecular complexity index is 248. The van der Waals surface area contributed by atoms with Crippen molar-refractivity contribution in [3.8, 4) is 0 Å². The van der Waals surface area contributed by atoms with Crippen molar-refractivity contribution in [2.75, 3.05) is 0 Å². The molecule has 0 saturated carbocycles. The zero-order valence-corrected chi connectivity index (χ0v) is 22.4. The Labute approximate surface area is 144 Å². The molecule has 0 atom stereocenters. The van der Waals surface area contributed by atoms with Crippen LogP contribution in [0.15, 0.2) is 0 Å². The van der Waals surface area contributed by atoms with Crippen molar-refractivity contribution in [2.45, 2.75) is 78.6 Å². The maximum Gasteiger partial charge on any atom is -0.870 e. The number of nitrogens with zero attached hydrogens (tertiary/aromatic N) is 2. The molecule has 0 aliphatic rings. The Kier molecular flexibility index (Phi) is 10.8. The fourth-order valence-electron chi connectivity index (χ4n) is 2.71. The van der Waals surface area contributed by atoms with E-state index in [1.807, 2.05) is 0 Å². The normalized spacial score (nSPS) is 14.0. The van der Waals surface area contributed by atoms with Crippen LogP contribution in [0, 0.1) is 0 Å². The van der Waals surface area contributed by atoms with Crippen molar-refractivity contribution in [3.05, 3.63) is 0 Å². The van der Waals surface area contributed by atoms with Crippen molar-refractivity contribution in [1.82, 2.24) is 6.38 Å². The van der Waals surface area contributed by atoms with Gasteiger partial charge in [-0.1, -0.05) is 0 Å². The molecule has 0 aliphatic heterocycles. The molecule has 0 unspecified atom stereocenters. The van der Waals surface area contributed by atoms with Crippen LogP contribution in [0.5, 0.6) is 0 Å². The molecule has 21 heavy (non-hydrogen) atoms. The Hall–Kier alpha value is 1.25. The molecule has 0 bridgehead atoms. The molecule has 0 fully saturated rings. The van der Waals surface area contributed by atoms with Crippen LogP contribution in [-0.2, 0) is 0 Å². The van der Waals surface area contributed by atoms with Crippen molar-refractivity contribution in [3.63, 3.8) is 0 Å². The molecule has 9 heteroatoms. The summed E-state index contributed by atoms with van der Waals surface area (Å²) in [5, 5.41) is 0. The molecule has 130 valence electrons. The maximum absolute atomic E-state index is 3.07. The first-order chi connectivity index (χ1) is 7.97. The number of hydrogen-bond acceptors (Lipinski definition) is 4. The smallest absolute Gasteiger partial charge is 0.870 e. The molecule has 0 aliphatic carbocycles. The van der Waals surface area contributed by atoms with E-state index in [1.165, 1.54) is 0 Å². The van der Waals surface area contributed by atoms with Crippen molar-refractivity contribution in [1.29, 1.82) is 0 Å². The quantitative estimate of drug-likeness (QED) is 0.599. The van der Waals surface area contributed by atoms with E-state index in [0.29, 0.717) is 0 Å². The second kappa shape index (κ2) is 8.38. The van der Waals surface area contributed by atoms with Crippen LogP contribution >= 0.6 is 0 Å². The van der Waals surface area contributed by atoms with E-state index in [-0.39, 0.29) is 26.8 Å². The standard InChI is InChI=1S/C12H36GeN2Si4.2H2O/c1-16(2,3)14(17(4,5)6)13-15(18(7,8)9)19(10,11)12;;/h1-12H3;2*1H2/p-2. The van der Waals surface area contributed by atoms with Crippen molar-refractivity contribution >= 4 is 48.8 Å². The third-order valence-corrected chi connectivity index (χ3v) is 36.1. The van der Waals surface area contributed by atoms with Gasteiger partial charge in [-0.05, 0) is 0 Å². The minimum Gasteiger partial charge on any atom is -0.870 e. The molecule has 0 spiro atoms. The predicted octanol–water partition coefficient (Wildman–Crippen LogP) is 4.11. The summed E-state index contributed by atoms with van der Waals surface area (Å²) in [7, 11) is -4.76. The van der Waals surface area contributed by atoms with Crippen LogP contribution < -0.4 is 0 Å². The van der Waals surface area contributed by atoms with Gasteiger partial charge in [0.1, 0.15) is 0 Å². The second-order valence-electron chi connectivity index (χ2n) is 9.45. The Morgan fingerprint density at radius 1 is 0.429 bits per heavy atom. The summed E-state index contributed by atoms with van der Waals surface area (Å²) in [6.45, 7) is 30.5. The van der Waals surface area contributed by atoms with Gasteiger partial charge in [0.2, 0.25) is 0 Å². The molecular weight excluding hydrogens is 389 g/mol. The van der Waals surface area contributed by atoms with Gasteiger partial charge in [0, 0.05) is 0 Å². The maximum atomic E-state index is 3.07. The molecular formula is C12H38GeN2O2Si4-2. The van der Waals surface area contributed by atoms with Crippen LogP contribution in [0.1, 0.15) is 0 Å². The zero-order chi connectivity index (χ0) is 15.9. The van der Waals surface area contributed by atoms with E-state index in [4.69, 9.17) is 0 Å². The first-order valence-corrected chi connectivity index (χ1v) is 23.0. The Morgan fingerprint density at radius 3 is 0.667 bits per heavy atom. The fourth-order valence-corrected chi connectivity index (χ4v) is 32.1. The molecule has 0 rings (SSSR count). The average molecular weight is 427 g/mol. The molecule has 0 aromatic rings. The van der Waals surface area contributed by atoms with Gasteiger partial charge in [-0.2, -0.15) is 0 Å². The van der Waals surface area contributed by atoms with E-state index in [9.17, 15) is 0 Å². The van der Waals surface area contributed by atoms with Gasteiger partial charge in [0.15, 0.2) is 0 Å². The van der Waals surface area contributed by atoms with E-state index < -0.39 is 32.9 Å². The average Bonchev–Trinajstić information content (AvgIpc) is 1.91. The van der Waals surface area contributed by atoms with Gasteiger partial charge in [-0.3, -0.25) is 0 Å². The Balaban J connectivity index is -0.00000162. The monoisotopic (exact) mass is 428 g/mol. The summed E-state index contributed by atoms with van der Waals surface area (Å²) in [6, 6.07) is 0. The van der Waals surface area contributed by atoms with Gasteiger partial charge in [0.25, 0.3) is 0 Å². The van der Waals surface area contributed by atoms with Crippen molar-refractivity contribution < 1.29 is 11.0 Å². The van der Waals surface area contributed by atoms with E-state index >= 15 is 0 Å². The topological polar surface area (TPSA) is 66.5 Å². The predicted molar refractivity (Wildman–Crippen MR) is 107 cm³/mol. The molecule has 0 saturated heterocycles. The van der Waals surface area contributed by atoms with Crippen LogP contribution in [0.4, 0.5) is 0 Å². The molecule has 2 radical (unpaired) electrons. The third-order valence-electron chi connectivity index (χ3n) is 2.88. The number of rotatable bonds is 6. The van der Waals surface area contributed by atoms with E-state index in [1.54, 1.807) is 0 Å². The van der Waals surface area contributed by atoms with Gasteiger partial charge >= 0.3 is 134 Å². The first-order valence-electron chi connectivity index (χ1n) is 7.34. The molecule has 0 amide bonds. The SMILES string of the molecule is C[Si](C)(C)[N]([Ge][N]([Si](C)(C)C)[Si](C)(C)C)[Si](C)(C)C.[OH-].[OH-]. The van der Waals surface area contributed by atoms with Gasteiger partial charge < -0.3 is 11.0 Å². The fraction of sp³-hybridized carbons (Fsp3) is 1.00. The third kappa shape index (κ3) is 9.20. The molecule has 2 N–H and O–H groups in total. The van der Waals surface area contributed by atoms with E-state index in [2.05, 4.69) is 84.9 Å². The molecule has 0 aromatic carbocycles. The molecule has 0 aromatic heterocycles. The van der Waals surface area contributed by atoms with Gasteiger partial charge in [0.05, 0.1) is 0 Å². The second-order valence-corrected chi connectivity index (χ2v) is 35.6.